The molecule has 0 bridgehead atoms. The summed E-state index contributed by atoms with van der Waals surface area (Å²) >= 11 is 0. The minimum atomic E-state index is -1.54. The highest BCUT2D eigenvalue weighted by Crippen LogP contribution is 2.23. The molecule has 7 N–H and O–H groups in total. The van der Waals surface area contributed by atoms with E-state index >= 15 is 0 Å². The lowest BCUT2D eigenvalue weighted by Gasteiger charge is -2.18. The molecule has 39 heavy (non-hydrogen) atoms. The van der Waals surface area contributed by atoms with Crippen molar-refractivity contribution in [1.29, 1.82) is 0 Å². The summed E-state index contributed by atoms with van der Waals surface area (Å²) in [5.74, 6) is 2.16. The van der Waals surface area contributed by atoms with Crippen LogP contribution in [0.2, 0.25) is 0 Å². The number of aryl methyl sites for hydroxylation is 1. The predicted molar refractivity (Wildman–Crippen MR) is 153 cm³/mol. The van der Waals surface area contributed by atoms with Gasteiger partial charge in [-0.25, -0.2) is 0 Å². The van der Waals surface area contributed by atoms with Crippen LogP contribution in [-0.4, -0.2) is 29.4 Å². The van der Waals surface area contributed by atoms with Crippen LogP contribution in [0.5, 0.6) is 23.0 Å². The Bertz CT molecular complexity index is 1260. The first-order valence-electron chi connectivity index (χ1n) is 12.8. The van der Waals surface area contributed by atoms with Gasteiger partial charge in [0.25, 0.3) is 0 Å². The number of benzene rings is 4. The second-order valence-electron chi connectivity index (χ2n) is 8.97. The summed E-state index contributed by atoms with van der Waals surface area (Å²) in [5, 5.41) is 31.8. The van der Waals surface area contributed by atoms with Gasteiger partial charge in [-0.2, -0.15) is 0 Å². The van der Waals surface area contributed by atoms with Crippen molar-refractivity contribution in [3.8, 4) is 23.0 Å². The molecule has 4 rings (SSSR count). The van der Waals surface area contributed by atoms with Crippen molar-refractivity contribution in [2.24, 2.45) is 11.5 Å². The van der Waals surface area contributed by atoms with E-state index in [0.29, 0.717) is 53.5 Å². The van der Waals surface area contributed by atoms with Crippen LogP contribution in [0.15, 0.2) is 84.9 Å². The molecule has 0 fully saturated rings. The molecule has 0 aliphatic rings. The molecule has 10 heteroatoms. The number of nitrogens with two attached hydrogens (primary N) is 2. The third-order valence-corrected chi connectivity index (χ3v) is 6.37. The molecule has 0 aliphatic carbocycles. The van der Waals surface area contributed by atoms with Crippen LogP contribution in [0.4, 0.5) is 0 Å². The van der Waals surface area contributed by atoms with Gasteiger partial charge in [0, 0.05) is 13.1 Å². The van der Waals surface area contributed by atoms with Crippen molar-refractivity contribution in [1.82, 2.24) is 0 Å². The zero-order valence-corrected chi connectivity index (χ0v) is 21.8. The summed E-state index contributed by atoms with van der Waals surface area (Å²) in [6.07, 6.45) is 0.630. The number of rotatable bonds is 12. The first kappa shape index (κ1) is 28.4. The maximum absolute atomic E-state index is 11.0. The van der Waals surface area contributed by atoms with Crippen molar-refractivity contribution in [2.45, 2.75) is 33.0 Å². The summed E-state index contributed by atoms with van der Waals surface area (Å²) in [6.45, 7) is 2.50. The Morgan fingerprint density at radius 3 is 1.44 bits per heavy atom. The zero-order valence-electron chi connectivity index (χ0n) is 21.8. The largest absolute Gasteiger partial charge is 0.478 e. The fraction of sp³-hybridized carbons (Fsp3) is 0.172. The van der Waals surface area contributed by atoms with Gasteiger partial charge in [-0.05, 0) is 88.1 Å². The minimum Gasteiger partial charge on any atom is -0.457 e. The molecule has 4 aromatic rings. The third-order valence-electron chi connectivity index (χ3n) is 6.37. The Hall–Kier alpha value is -3.63. The number of ether oxygens (including phenoxy) is 2. The fourth-order valence-corrected chi connectivity index (χ4v) is 4.13. The molecule has 4 aromatic carbocycles. The van der Waals surface area contributed by atoms with Gasteiger partial charge in [0.15, 0.2) is 0 Å². The first-order chi connectivity index (χ1) is 18.9. The zero-order chi connectivity index (χ0) is 27.8. The molecular weight excluding hydrogens is 494 g/mol. The van der Waals surface area contributed by atoms with Crippen molar-refractivity contribution in [3.05, 3.63) is 107 Å². The summed E-state index contributed by atoms with van der Waals surface area (Å²) in [7, 11) is -3.00. The van der Waals surface area contributed by atoms with E-state index in [9.17, 15) is 15.2 Å². The molecule has 0 amide bonds. The Balaban J connectivity index is 1.52. The van der Waals surface area contributed by atoms with Crippen LogP contribution in [0.25, 0.3) is 0 Å². The van der Waals surface area contributed by atoms with Crippen LogP contribution in [0.1, 0.15) is 29.2 Å². The Morgan fingerprint density at radius 1 is 0.615 bits per heavy atom. The van der Waals surface area contributed by atoms with E-state index in [0.717, 1.165) is 16.7 Å². The minimum absolute atomic E-state index is 0.276. The monoisotopic (exact) mass is 526 g/mol. The van der Waals surface area contributed by atoms with Crippen LogP contribution in [0.3, 0.4) is 0 Å². The van der Waals surface area contributed by atoms with Crippen LogP contribution < -0.4 is 31.9 Å². The van der Waals surface area contributed by atoms with Gasteiger partial charge in [-0.3, -0.25) is 0 Å². The van der Waals surface area contributed by atoms with Gasteiger partial charge < -0.3 is 40.7 Å². The van der Waals surface area contributed by atoms with Gasteiger partial charge in [0.2, 0.25) is 0 Å². The molecular formula is C29H32B2N2O6. The van der Waals surface area contributed by atoms with Crippen LogP contribution in [0, 0.1) is 0 Å². The van der Waals surface area contributed by atoms with Crippen molar-refractivity contribution in [2.75, 3.05) is 0 Å². The molecule has 0 aliphatic heterocycles. The molecule has 8 nitrogen and oxygen atoms in total. The number of hydrogen-bond donors (Lipinski definition) is 5. The highest BCUT2D eigenvalue weighted by Gasteiger charge is 2.30. The summed E-state index contributed by atoms with van der Waals surface area (Å²) < 4.78 is 17.5. The lowest BCUT2D eigenvalue weighted by molar-refractivity contribution is 0.282. The van der Waals surface area contributed by atoms with E-state index in [4.69, 9.17) is 25.5 Å². The lowest BCUT2D eigenvalue weighted by Crippen LogP contribution is -2.47. The molecule has 0 radical (unpaired) electrons. The topological polar surface area (TPSA) is 140 Å². The highest BCUT2D eigenvalue weighted by atomic mass is 16.5. The standard InChI is InChI=1S/C29H32B2N2O6/c1-2-22-7-13-26(37-24-9-3-20(17-32)4-10-24)15-28(22)30(35)39-31(36)29-16-27(14-8-23(29)19-34)38-25-11-5-21(18-33)6-12-25/h3-16,34-36H,2,17-19,32-33H2,1H3. The Kier molecular flexibility index (Phi) is 9.78. The molecule has 0 aromatic heterocycles. The average molecular weight is 526 g/mol. The van der Waals surface area contributed by atoms with Gasteiger partial charge in [-0.15, -0.1) is 0 Å². The number of hydrogen-bond acceptors (Lipinski definition) is 8. The Labute approximate surface area is 229 Å². The van der Waals surface area contributed by atoms with E-state index in [1.165, 1.54) is 0 Å². The molecule has 0 heterocycles. The summed E-state index contributed by atoms with van der Waals surface area (Å²) in [6, 6.07) is 25.0. The molecule has 200 valence electrons. The van der Waals surface area contributed by atoms with Crippen molar-refractivity contribution in [3.63, 3.8) is 0 Å². The van der Waals surface area contributed by atoms with Crippen LogP contribution in [-0.2, 0) is 30.7 Å². The van der Waals surface area contributed by atoms with E-state index in [-0.39, 0.29) is 12.1 Å². The van der Waals surface area contributed by atoms with E-state index in [1.807, 2.05) is 55.5 Å². The lowest BCUT2D eigenvalue weighted by atomic mass is 9.68. The second kappa shape index (κ2) is 13.4. The van der Waals surface area contributed by atoms with Gasteiger partial charge in [-0.1, -0.05) is 43.3 Å². The SMILES string of the molecule is CCc1ccc(Oc2ccc(CN)cc2)cc1B(O)OB(O)c1cc(Oc2ccc(CN)cc2)ccc1CO. The number of aliphatic hydroxyl groups is 1. The Morgan fingerprint density at radius 2 is 1.03 bits per heavy atom. The second-order valence-corrected chi connectivity index (χ2v) is 8.97. The highest BCUT2D eigenvalue weighted by molar-refractivity contribution is 6.73. The van der Waals surface area contributed by atoms with Gasteiger partial charge >= 0.3 is 14.2 Å². The van der Waals surface area contributed by atoms with Crippen LogP contribution >= 0.6 is 0 Å². The van der Waals surface area contributed by atoms with Crippen molar-refractivity contribution < 1.29 is 29.2 Å². The number of aliphatic hydroxyl groups excluding tert-OH is 1. The average Bonchev–Trinajstić information content (AvgIpc) is 2.97. The fourth-order valence-electron chi connectivity index (χ4n) is 4.13. The maximum Gasteiger partial charge on any atom is 0.478 e. The van der Waals surface area contributed by atoms with E-state index in [2.05, 4.69) is 0 Å². The molecule has 0 atom stereocenters. The molecule has 0 spiro atoms. The van der Waals surface area contributed by atoms with E-state index < -0.39 is 14.2 Å². The summed E-state index contributed by atoms with van der Waals surface area (Å²) in [5.41, 5.74) is 15.3. The van der Waals surface area contributed by atoms with Gasteiger partial charge in [0.1, 0.15) is 23.0 Å². The molecule has 0 saturated carbocycles. The third kappa shape index (κ3) is 7.27. The van der Waals surface area contributed by atoms with Crippen molar-refractivity contribution >= 4 is 25.2 Å². The maximum atomic E-state index is 11.0. The summed E-state index contributed by atoms with van der Waals surface area (Å²) in [4.78, 5) is 0. The first-order valence-corrected chi connectivity index (χ1v) is 12.8. The quantitative estimate of drug-likeness (QED) is 0.177. The smallest absolute Gasteiger partial charge is 0.457 e. The molecule has 0 saturated heterocycles. The predicted octanol–water partition coefficient (Wildman–Crippen LogP) is 2.34. The van der Waals surface area contributed by atoms with Gasteiger partial charge in [0.05, 0.1) is 6.61 Å². The van der Waals surface area contributed by atoms with E-state index in [1.54, 1.807) is 36.4 Å². The normalized spacial score (nSPS) is 10.8. The molecule has 0 unspecified atom stereocenters.